The van der Waals surface area contributed by atoms with Gasteiger partial charge in [0.05, 0.1) is 0 Å². The molecule has 4 N–H and O–H groups in total. The molecule has 0 saturated carbocycles. The van der Waals surface area contributed by atoms with Gasteiger partial charge in [-0.1, -0.05) is 29.8 Å². The van der Waals surface area contributed by atoms with Gasteiger partial charge in [0.25, 0.3) is 0 Å². The fourth-order valence-corrected chi connectivity index (χ4v) is 1.79. The first kappa shape index (κ1) is 12.4. The Balaban J connectivity index is 2.15. The largest absolute Gasteiger partial charge is 0.480 e. The third-order valence-corrected chi connectivity index (χ3v) is 2.84. The predicted octanol–water partition coefficient (Wildman–Crippen LogP) is 1.97. The number of carboxylic acid groups (broad SMARTS) is 1. The molecule has 2 rings (SSSR count). The first-order chi connectivity index (χ1) is 8.56. The van der Waals surface area contributed by atoms with Gasteiger partial charge in [0.1, 0.15) is 6.04 Å². The molecule has 0 aliphatic carbocycles. The minimum Gasteiger partial charge on any atom is -0.480 e. The smallest absolute Gasteiger partial charge is 0.322 e. The monoisotopic (exact) mass is 244 g/mol. The Bertz CT molecular complexity index is 581. The third kappa shape index (κ3) is 2.78. The quantitative estimate of drug-likeness (QED) is 0.768. The summed E-state index contributed by atoms with van der Waals surface area (Å²) in [7, 11) is 0. The van der Waals surface area contributed by atoms with Crippen molar-refractivity contribution in [3.63, 3.8) is 0 Å². The first-order valence-electron chi connectivity index (χ1n) is 5.79. The molecule has 4 nitrogen and oxygen atoms in total. The summed E-state index contributed by atoms with van der Waals surface area (Å²) in [5.74, 6) is -1.00. The zero-order chi connectivity index (χ0) is 13.1. The van der Waals surface area contributed by atoms with E-state index in [1.807, 2.05) is 24.3 Å². The lowest BCUT2D eigenvalue weighted by atomic mass is 10.1. The Labute approximate surface area is 105 Å². The maximum Gasteiger partial charge on any atom is 0.322 e. The Kier molecular flexibility index (Phi) is 3.48. The summed E-state index contributed by atoms with van der Waals surface area (Å²) in [6.45, 7) is 2.27. The van der Waals surface area contributed by atoms with Gasteiger partial charge in [-0.25, -0.2) is 0 Å². The van der Waals surface area contributed by atoms with Gasteiger partial charge < -0.3 is 16.2 Å². The number of aryl methyl sites for hydroxylation is 1. The normalized spacial score (nSPS) is 12.3. The van der Waals surface area contributed by atoms with Gasteiger partial charge >= 0.3 is 5.97 Å². The molecular weight excluding hydrogens is 228 g/mol. The van der Waals surface area contributed by atoms with Crippen LogP contribution in [0.3, 0.4) is 0 Å². The highest BCUT2D eigenvalue weighted by Crippen LogP contribution is 2.20. The van der Waals surface area contributed by atoms with Crippen molar-refractivity contribution < 1.29 is 9.90 Å². The van der Waals surface area contributed by atoms with E-state index in [0.717, 1.165) is 11.1 Å². The molecule has 94 valence electrons. The maximum atomic E-state index is 10.6. The Morgan fingerprint density at radius 1 is 1.28 bits per heavy atom. The zero-order valence-corrected chi connectivity index (χ0v) is 10.2. The molecule has 0 fully saturated rings. The number of carbonyl (C=O) groups is 1. The van der Waals surface area contributed by atoms with Crippen LogP contribution in [0.15, 0.2) is 36.4 Å². The summed E-state index contributed by atoms with van der Waals surface area (Å²) in [5.41, 5.74) is 7.53. The molecule has 0 spiro atoms. The SMILES string of the molecule is Cc1ccc2cc(NCC(N)C(=O)O)ccc2c1. The van der Waals surface area contributed by atoms with E-state index in [0.29, 0.717) is 0 Å². The minimum absolute atomic E-state index is 0.215. The van der Waals surface area contributed by atoms with Crippen LogP contribution in [0.5, 0.6) is 0 Å². The van der Waals surface area contributed by atoms with E-state index in [-0.39, 0.29) is 6.54 Å². The highest BCUT2D eigenvalue weighted by Gasteiger charge is 2.10. The number of hydrogen-bond donors (Lipinski definition) is 3. The summed E-state index contributed by atoms with van der Waals surface area (Å²) in [6.07, 6.45) is 0. The molecule has 0 aromatic heterocycles. The second-order valence-corrected chi connectivity index (χ2v) is 4.39. The van der Waals surface area contributed by atoms with Crippen LogP contribution in [-0.4, -0.2) is 23.7 Å². The maximum absolute atomic E-state index is 10.6. The number of carboxylic acids is 1. The molecule has 18 heavy (non-hydrogen) atoms. The van der Waals surface area contributed by atoms with Crippen molar-refractivity contribution in [1.82, 2.24) is 0 Å². The van der Waals surface area contributed by atoms with E-state index in [9.17, 15) is 4.79 Å². The molecule has 2 aromatic carbocycles. The standard InChI is InChI=1S/C14H16N2O2/c1-9-2-3-11-7-12(5-4-10(11)6-9)16-8-13(15)14(17)18/h2-7,13,16H,8,15H2,1H3,(H,17,18). The number of anilines is 1. The van der Waals surface area contributed by atoms with Crippen LogP contribution in [0, 0.1) is 6.92 Å². The van der Waals surface area contributed by atoms with Crippen molar-refractivity contribution in [2.24, 2.45) is 5.73 Å². The molecule has 0 aliphatic rings. The van der Waals surface area contributed by atoms with Crippen molar-refractivity contribution in [1.29, 1.82) is 0 Å². The number of fused-ring (bicyclic) bond motifs is 1. The number of hydrogen-bond acceptors (Lipinski definition) is 3. The minimum atomic E-state index is -1.00. The number of nitrogens with one attached hydrogen (secondary N) is 1. The van der Waals surface area contributed by atoms with Gasteiger partial charge in [-0.2, -0.15) is 0 Å². The van der Waals surface area contributed by atoms with Crippen molar-refractivity contribution in [2.75, 3.05) is 11.9 Å². The molecule has 0 bridgehead atoms. The highest BCUT2D eigenvalue weighted by atomic mass is 16.4. The van der Waals surface area contributed by atoms with Gasteiger partial charge in [0.15, 0.2) is 0 Å². The molecule has 0 saturated heterocycles. The van der Waals surface area contributed by atoms with Crippen LogP contribution >= 0.6 is 0 Å². The van der Waals surface area contributed by atoms with Gasteiger partial charge in [-0.15, -0.1) is 0 Å². The van der Waals surface area contributed by atoms with Gasteiger partial charge in [0, 0.05) is 12.2 Å². The van der Waals surface area contributed by atoms with Gasteiger partial charge in [0.2, 0.25) is 0 Å². The summed E-state index contributed by atoms with van der Waals surface area (Å²) < 4.78 is 0. The molecule has 2 aromatic rings. The number of nitrogens with two attached hydrogens (primary N) is 1. The predicted molar refractivity (Wildman–Crippen MR) is 72.8 cm³/mol. The van der Waals surface area contributed by atoms with E-state index < -0.39 is 12.0 Å². The Morgan fingerprint density at radius 2 is 1.94 bits per heavy atom. The molecule has 0 amide bonds. The summed E-state index contributed by atoms with van der Waals surface area (Å²) >= 11 is 0. The number of aliphatic carboxylic acids is 1. The summed E-state index contributed by atoms with van der Waals surface area (Å²) in [6, 6.07) is 11.2. The Morgan fingerprint density at radius 3 is 2.67 bits per heavy atom. The third-order valence-electron chi connectivity index (χ3n) is 2.84. The average molecular weight is 244 g/mol. The van der Waals surface area contributed by atoms with Crippen molar-refractivity contribution in [2.45, 2.75) is 13.0 Å². The first-order valence-corrected chi connectivity index (χ1v) is 5.79. The Hall–Kier alpha value is -2.07. The fraction of sp³-hybridized carbons (Fsp3) is 0.214. The lowest BCUT2D eigenvalue weighted by molar-refractivity contribution is -0.138. The van der Waals surface area contributed by atoms with E-state index in [4.69, 9.17) is 10.8 Å². The zero-order valence-electron chi connectivity index (χ0n) is 10.2. The molecule has 1 atom stereocenters. The van der Waals surface area contributed by atoms with Crippen LogP contribution in [0.25, 0.3) is 10.8 Å². The van der Waals surface area contributed by atoms with Gasteiger partial charge in [-0.3, -0.25) is 4.79 Å². The van der Waals surface area contributed by atoms with Gasteiger partial charge in [-0.05, 0) is 29.8 Å². The second kappa shape index (κ2) is 5.06. The lowest BCUT2D eigenvalue weighted by Crippen LogP contribution is -2.36. The molecule has 0 radical (unpaired) electrons. The molecular formula is C14H16N2O2. The number of benzene rings is 2. The van der Waals surface area contributed by atoms with Crippen molar-refractivity contribution in [3.8, 4) is 0 Å². The topological polar surface area (TPSA) is 75.3 Å². The molecule has 0 aliphatic heterocycles. The second-order valence-electron chi connectivity index (χ2n) is 4.39. The fourth-order valence-electron chi connectivity index (χ4n) is 1.79. The van der Waals surface area contributed by atoms with Crippen molar-refractivity contribution in [3.05, 3.63) is 42.0 Å². The van der Waals surface area contributed by atoms with E-state index in [1.54, 1.807) is 0 Å². The van der Waals surface area contributed by atoms with Crippen LogP contribution in [0.4, 0.5) is 5.69 Å². The molecule has 4 heteroatoms. The summed E-state index contributed by atoms with van der Waals surface area (Å²) in [4.78, 5) is 10.6. The van der Waals surface area contributed by atoms with E-state index >= 15 is 0 Å². The highest BCUT2D eigenvalue weighted by molar-refractivity contribution is 5.86. The summed E-state index contributed by atoms with van der Waals surface area (Å²) in [5, 5.41) is 14.0. The molecule has 0 heterocycles. The van der Waals surface area contributed by atoms with E-state index in [1.165, 1.54) is 10.9 Å². The number of rotatable bonds is 4. The van der Waals surface area contributed by atoms with Crippen molar-refractivity contribution >= 4 is 22.4 Å². The average Bonchev–Trinajstić information content (AvgIpc) is 2.35. The van der Waals surface area contributed by atoms with Crippen LogP contribution in [0.1, 0.15) is 5.56 Å². The lowest BCUT2D eigenvalue weighted by Gasteiger charge is -2.10. The van der Waals surface area contributed by atoms with Crippen LogP contribution in [0.2, 0.25) is 0 Å². The van der Waals surface area contributed by atoms with E-state index in [2.05, 4.69) is 24.4 Å². The van der Waals surface area contributed by atoms with Crippen LogP contribution < -0.4 is 11.1 Å². The molecule has 1 unspecified atom stereocenters. The van der Waals surface area contributed by atoms with Crippen LogP contribution in [-0.2, 0) is 4.79 Å².